The Bertz CT molecular complexity index is 646. The van der Waals surface area contributed by atoms with Crippen molar-refractivity contribution in [1.29, 1.82) is 0 Å². The predicted octanol–water partition coefficient (Wildman–Crippen LogP) is 3.00. The molecule has 2 rings (SSSR count). The Kier molecular flexibility index (Phi) is 4.15. The average Bonchev–Trinajstić information content (AvgIpc) is 2.47. The lowest BCUT2D eigenvalue weighted by Crippen LogP contribution is -2.13. The molecule has 0 spiro atoms. The van der Waals surface area contributed by atoms with Crippen LogP contribution in [0.1, 0.15) is 26.3 Å². The molecular formula is C16H14O4. The van der Waals surface area contributed by atoms with Crippen molar-refractivity contribution in [3.63, 3.8) is 0 Å². The second-order valence-corrected chi connectivity index (χ2v) is 4.19. The van der Waals surface area contributed by atoms with Crippen LogP contribution in [0.4, 0.5) is 0 Å². The first-order valence-electron chi connectivity index (χ1n) is 6.08. The Morgan fingerprint density at radius 3 is 2.10 bits per heavy atom. The number of rotatable bonds is 3. The molecule has 4 heteroatoms. The molecule has 0 radical (unpaired) electrons. The molecule has 4 nitrogen and oxygen atoms in total. The molecule has 102 valence electrons. The van der Waals surface area contributed by atoms with Gasteiger partial charge in [-0.25, -0.2) is 9.59 Å². The molecule has 0 amide bonds. The number of hydrogen-bond donors (Lipinski definition) is 0. The normalized spacial score (nSPS) is 9.90. The molecule has 0 bridgehead atoms. The van der Waals surface area contributed by atoms with E-state index in [9.17, 15) is 9.59 Å². The van der Waals surface area contributed by atoms with Crippen LogP contribution in [0, 0.1) is 6.92 Å². The van der Waals surface area contributed by atoms with Crippen molar-refractivity contribution in [3.05, 3.63) is 65.2 Å². The molecule has 0 heterocycles. The Hall–Kier alpha value is -2.62. The van der Waals surface area contributed by atoms with E-state index >= 15 is 0 Å². The first-order valence-corrected chi connectivity index (χ1v) is 6.08. The lowest BCUT2D eigenvalue weighted by molar-refractivity contribution is 0.0593. The maximum atomic E-state index is 12.1. The van der Waals surface area contributed by atoms with Gasteiger partial charge in [-0.3, -0.25) is 0 Å². The van der Waals surface area contributed by atoms with E-state index in [0.29, 0.717) is 5.56 Å². The summed E-state index contributed by atoms with van der Waals surface area (Å²) in [6.07, 6.45) is 0. The molecule has 0 saturated heterocycles. The van der Waals surface area contributed by atoms with E-state index in [4.69, 9.17) is 4.74 Å². The molecule has 0 fully saturated rings. The van der Waals surface area contributed by atoms with E-state index < -0.39 is 11.9 Å². The van der Waals surface area contributed by atoms with Crippen molar-refractivity contribution in [2.24, 2.45) is 0 Å². The summed E-state index contributed by atoms with van der Waals surface area (Å²) in [6.45, 7) is 1.82. The van der Waals surface area contributed by atoms with Gasteiger partial charge < -0.3 is 9.47 Å². The van der Waals surface area contributed by atoms with Crippen LogP contribution in [0.3, 0.4) is 0 Å². The molecule has 0 N–H and O–H groups in total. The summed E-state index contributed by atoms with van der Waals surface area (Å²) in [6, 6.07) is 13.6. The van der Waals surface area contributed by atoms with Crippen LogP contribution in [-0.4, -0.2) is 19.0 Å². The van der Waals surface area contributed by atoms with Crippen LogP contribution in [-0.2, 0) is 4.74 Å². The van der Waals surface area contributed by atoms with Crippen LogP contribution >= 0.6 is 0 Å². The molecule has 2 aromatic rings. The molecule has 0 aliphatic heterocycles. The molecule has 0 aliphatic rings. The van der Waals surface area contributed by atoms with E-state index in [-0.39, 0.29) is 11.3 Å². The van der Waals surface area contributed by atoms with Crippen LogP contribution < -0.4 is 4.74 Å². The summed E-state index contributed by atoms with van der Waals surface area (Å²) in [4.78, 5) is 23.7. The van der Waals surface area contributed by atoms with Gasteiger partial charge in [0.15, 0.2) is 0 Å². The summed E-state index contributed by atoms with van der Waals surface area (Å²) in [5.41, 5.74) is 1.50. The molecule has 0 aromatic heterocycles. The van der Waals surface area contributed by atoms with Crippen molar-refractivity contribution in [2.45, 2.75) is 6.92 Å². The average molecular weight is 270 g/mol. The van der Waals surface area contributed by atoms with Crippen molar-refractivity contribution in [1.82, 2.24) is 0 Å². The van der Waals surface area contributed by atoms with Gasteiger partial charge >= 0.3 is 11.9 Å². The van der Waals surface area contributed by atoms with E-state index in [1.807, 2.05) is 19.1 Å². The molecule has 20 heavy (non-hydrogen) atoms. The van der Waals surface area contributed by atoms with E-state index in [2.05, 4.69) is 4.74 Å². The van der Waals surface area contributed by atoms with Crippen LogP contribution in [0.15, 0.2) is 48.5 Å². The minimum Gasteiger partial charge on any atom is -0.465 e. The van der Waals surface area contributed by atoms with Gasteiger partial charge in [0.1, 0.15) is 11.3 Å². The minimum atomic E-state index is -0.543. The van der Waals surface area contributed by atoms with Gasteiger partial charge in [-0.05, 0) is 30.7 Å². The monoisotopic (exact) mass is 270 g/mol. The third-order valence-electron chi connectivity index (χ3n) is 2.86. The summed E-state index contributed by atoms with van der Waals surface area (Å²) in [7, 11) is 1.28. The quantitative estimate of drug-likeness (QED) is 0.635. The number of hydrogen-bond acceptors (Lipinski definition) is 4. The predicted molar refractivity (Wildman–Crippen MR) is 73.9 cm³/mol. The Morgan fingerprint density at radius 2 is 1.45 bits per heavy atom. The fraction of sp³-hybridized carbons (Fsp3) is 0.125. The summed E-state index contributed by atoms with van der Waals surface area (Å²) in [5.74, 6) is -0.856. The lowest BCUT2D eigenvalue weighted by Gasteiger charge is -2.09. The van der Waals surface area contributed by atoms with E-state index in [1.54, 1.807) is 36.4 Å². The first-order chi connectivity index (χ1) is 9.63. The highest BCUT2D eigenvalue weighted by Gasteiger charge is 2.17. The smallest absolute Gasteiger partial charge is 0.343 e. The summed E-state index contributed by atoms with van der Waals surface area (Å²) >= 11 is 0. The van der Waals surface area contributed by atoms with Gasteiger partial charge in [0.25, 0.3) is 0 Å². The van der Waals surface area contributed by atoms with Gasteiger partial charge in [0.05, 0.1) is 12.7 Å². The molecule has 0 saturated carbocycles. The molecule has 2 aromatic carbocycles. The summed E-state index contributed by atoms with van der Waals surface area (Å²) in [5, 5.41) is 0. The second-order valence-electron chi connectivity index (χ2n) is 4.19. The maximum Gasteiger partial charge on any atom is 0.343 e. The number of methoxy groups -OCH3 is 1. The molecule has 0 atom stereocenters. The number of aryl methyl sites for hydroxylation is 1. The fourth-order valence-corrected chi connectivity index (χ4v) is 1.79. The number of benzene rings is 2. The second kappa shape index (κ2) is 6.02. The SMILES string of the molecule is COC(=O)c1ccccc1OC(=O)c1ccccc1C. The number of esters is 2. The summed E-state index contributed by atoms with van der Waals surface area (Å²) < 4.78 is 9.95. The van der Waals surface area contributed by atoms with Gasteiger partial charge in [-0.2, -0.15) is 0 Å². The van der Waals surface area contributed by atoms with E-state index in [1.165, 1.54) is 7.11 Å². The Morgan fingerprint density at radius 1 is 0.850 bits per heavy atom. The number of ether oxygens (including phenoxy) is 2. The topological polar surface area (TPSA) is 52.6 Å². The Labute approximate surface area is 116 Å². The van der Waals surface area contributed by atoms with Crippen LogP contribution in [0.2, 0.25) is 0 Å². The largest absolute Gasteiger partial charge is 0.465 e. The fourth-order valence-electron chi connectivity index (χ4n) is 1.79. The number of carbonyl (C=O) groups is 2. The highest BCUT2D eigenvalue weighted by Crippen LogP contribution is 2.21. The maximum absolute atomic E-state index is 12.1. The Balaban J connectivity index is 2.29. The third kappa shape index (κ3) is 2.85. The van der Waals surface area contributed by atoms with Crippen molar-refractivity contribution >= 4 is 11.9 Å². The molecular weight excluding hydrogens is 256 g/mol. The third-order valence-corrected chi connectivity index (χ3v) is 2.86. The van der Waals surface area contributed by atoms with Crippen LogP contribution in [0.5, 0.6) is 5.75 Å². The van der Waals surface area contributed by atoms with Gasteiger partial charge in [0.2, 0.25) is 0 Å². The van der Waals surface area contributed by atoms with Gasteiger partial charge in [0, 0.05) is 0 Å². The zero-order valence-electron chi connectivity index (χ0n) is 11.3. The first kappa shape index (κ1) is 13.8. The zero-order valence-corrected chi connectivity index (χ0v) is 11.3. The van der Waals surface area contributed by atoms with E-state index in [0.717, 1.165) is 5.56 Å². The minimum absolute atomic E-state index is 0.188. The van der Waals surface area contributed by atoms with Crippen molar-refractivity contribution in [3.8, 4) is 5.75 Å². The van der Waals surface area contributed by atoms with Gasteiger partial charge in [-0.1, -0.05) is 30.3 Å². The van der Waals surface area contributed by atoms with Crippen molar-refractivity contribution < 1.29 is 19.1 Å². The number of para-hydroxylation sites is 1. The van der Waals surface area contributed by atoms with Crippen molar-refractivity contribution in [2.75, 3.05) is 7.11 Å². The van der Waals surface area contributed by atoms with Crippen LogP contribution in [0.25, 0.3) is 0 Å². The number of carbonyl (C=O) groups excluding carboxylic acids is 2. The molecule has 0 aliphatic carbocycles. The lowest BCUT2D eigenvalue weighted by atomic mass is 10.1. The highest BCUT2D eigenvalue weighted by molar-refractivity contribution is 5.96. The van der Waals surface area contributed by atoms with Gasteiger partial charge in [-0.15, -0.1) is 0 Å². The molecule has 0 unspecified atom stereocenters. The highest BCUT2D eigenvalue weighted by atomic mass is 16.5. The zero-order chi connectivity index (χ0) is 14.5. The standard InChI is InChI=1S/C16H14O4/c1-11-7-3-4-8-12(11)16(18)20-14-10-6-5-9-13(14)15(17)19-2/h3-10H,1-2H3.